The fourth-order valence-electron chi connectivity index (χ4n) is 2.13. The van der Waals surface area contributed by atoms with Gasteiger partial charge in [0.1, 0.15) is 11.9 Å². The Hall–Kier alpha value is -0.454. The molecule has 2 nitrogen and oxygen atoms in total. The maximum Gasteiger partial charge on any atom is 1.00 e. The predicted molar refractivity (Wildman–Crippen MR) is 65.2 cm³/mol. The first-order valence-electron chi connectivity index (χ1n) is 5.68. The first kappa shape index (κ1) is 14.0. The van der Waals surface area contributed by atoms with Crippen molar-refractivity contribution in [3.63, 3.8) is 0 Å². The van der Waals surface area contributed by atoms with Crippen LogP contribution in [0, 0.1) is 0 Å². The van der Waals surface area contributed by atoms with E-state index in [1.165, 1.54) is 0 Å². The molecule has 0 aromatic heterocycles. The fraction of sp³-hybridized carbons (Fsp3) is 0.133. The molecule has 2 aromatic carbocycles. The molecule has 0 aliphatic carbocycles. The Morgan fingerprint density at radius 3 is 2.39 bits per heavy atom. The molecule has 0 bridgehead atoms. The van der Waals surface area contributed by atoms with E-state index in [1.807, 2.05) is 54.6 Å². The van der Waals surface area contributed by atoms with Gasteiger partial charge in [-0.3, -0.25) is 4.79 Å². The average Bonchev–Trinajstić information content (AvgIpc) is 2.40. The molecule has 84 valence electrons. The van der Waals surface area contributed by atoms with Crippen LogP contribution in [0.1, 0.15) is 28.4 Å². The average molecular weight is 263 g/mol. The molecule has 1 unspecified atom stereocenters. The number of hydrogen-bond acceptors (Lipinski definition) is 2. The summed E-state index contributed by atoms with van der Waals surface area (Å²) >= 11 is 0. The third kappa shape index (κ3) is 2.76. The number of hydrogen-bond donors (Lipinski definition) is 0. The zero-order valence-electron chi connectivity index (χ0n) is 10.3. The second kappa shape index (κ2) is 6.13. The van der Waals surface area contributed by atoms with Crippen LogP contribution in [0.2, 0.25) is 0 Å². The molecule has 0 radical (unpaired) electrons. The molecule has 0 N–H and O–H groups in total. The first-order valence-corrected chi connectivity index (χ1v) is 5.68. The molecule has 3 heteroatoms. The van der Waals surface area contributed by atoms with Crippen molar-refractivity contribution in [3.8, 4) is 5.75 Å². The van der Waals surface area contributed by atoms with Crippen LogP contribution in [0.3, 0.4) is 0 Å². The number of carbonyl (C=O) groups is 1. The van der Waals surface area contributed by atoms with Gasteiger partial charge in [0.2, 0.25) is 0 Å². The molecule has 0 saturated carbocycles. The van der Waals surface area contributed by atoms with E-state index in [-0.39, 0.29) is 63.3 Å². The zero-order chi connectivity index (χ0) is 11.7. The quantitative estimate of drug-likeness (QED) is 0.696. The second-order valence-electron chi connectivity index (χ2n) is 4.14. The Balaban J connectivity index is 0.00000120. The summed E-state index contributed by atoms with van der Waals surface area (Å²) < 4.78 is 5.87. The smallest absolute Gasteiger partial charge is 0.484 e. The molecule has 1 heterocycles. The molecule has 0 spiro atoms. The van der Waals surface area contributed by atoms with Gasteiger partial charge in [0.25, 0.3) is 0 Å². The number of benzene rings is 2. The maximum atomic E-state index is 12.0. The van der Waals surface area contributed by atoms with Crippen molar-refractivity contribution in [2.45, 2.75) is 12.5 Å². The zero-order valence-corrected chi connectivity index (χ0v) is 13.4. The van der Waals surface area contributed by atoms with E-state index in [1.54, 1.807) is 0 Å². The van der Waals surface area contributed by atoms with E-state index in [9.17, 15) is 4.79 Å². The third-order valence-corrected chi connectivity index (χ3v) is 3.00. The predicted octanol–water partition coefficient (Wildman–Crippen LogP) is 0.397. The number of ether oxygens (including phenoxy) is 1. The van der Waals surface area contributed by atoms with Gasteiger partial charge in [-0.1, -0.05) is 42.5 Å². The van der Waals surface area contributed by atoms with Crippen molar-refractivity contribution in [1.29, 1.82) is 0 Å². The minimum Gasteiger partial charge on any atom is -0.484 e. The molecular formula is C15H12KO2+. The number of rotatable bonds is 1. The summed E-state index contributed by atoms with van der Waals surface area (Å²) in [7, 11) is 0. The van der Waals surface area contributed by atoms with Gasteiger partial charge in [-0.25, -0.2) is 0 Å². The summed E-state index contributed by atoms with van der Waals surface area (Å²) in [6.45, 7) is 0. The summed E-state index contributed by atoms with van der Waals surface area (Å²) in [5.74, 6) is 0.846. The summed E-state index contributed by atoms with van der Waals surface area (Å²) in [6.07, 6.45) is 0.264. The van der Waals surface area contributed by atoms with Crippen LogP contribution in [-0.2, 0) is 0 Å². The summed E-state index contributed by atoms with van der Waals surface area (Å²) in [5, 5.41) is 0. The van der Waals surface area contributed by atoms with E-state index in [4.69, 9.17) is 4.74 Å². The molecule has 0 saturated heterocycles. The standard InChI is InChI=1S/C15H12O2.K/c16-13-10-15(11-6-2-1-3-7-11)17-14-9-5-4-8-12(13)14;/h1-9,15H,10H2;/q;+1. The van der Waals surface area contributed by atoms with Crippen molar-refractivity contribution in [3.05, 3.63) is 65.7 Å². The fourth-order valence-corrected chi connectivity index (χ4v) is 2.13. The van der Waals surface area contributed by atoms with Gasteiger partial charge in [-0.15, -0.1) is 0 Å². The summed E-state index contributed by atoms with van der Waals surface area (Å²) in [6, 6.07) is 17.3. The van der Waals surface area contributed by atoms with Gasteiger partial charge >= 0.3 is 51.4 Å². The molecule has 2 aromatic rings. The number of carbonyl (C=O) groups excluding carboxylic acids is 1. The maximum absolute atomic E-state index is 12.0. The topological polar surface area (TPSA) is 26.3 Å². The van der Waals surface area contributed by atoms with E-state index in [0.29, 0.717) is 17.7 Å². The van der Waals surface area contributed by atoms with Gasteiger partial charge < -0.3 is 4.74 Å². The number of ketones is 1. The summed E-state index contributed by atoms with van der Waals surface area (Å²) in [5.41, 5.74) is 1.75. The van der Waals surface area contributed by atoms with Crippen LogP contribution in [0.15, 0.2) is 54.6 Å². The van der Waals surface area contributed by atoms with E-state index in [0.717, 1.165) is 5.56 Å². The van der Waals surface area contributed by atoms with Crippen LogP contribution in [-0.4, -0.2) is 5.78 Å². The van der Waals surface area contributed by atoms with Crippen LogP contribution in [0.25, 0.3) is 0 Å². The molecule has 18 heavy (non-hydrogen) atoms. The molecule has 1 aliphatic heterocycles. The molecule has 0 amide bonds. The molecule has 1 aliphatic rings. The minimum atomic E-state index is -0.154. The Kier molecular flexibility index (Phi) is 4.75. The van der Waals surface area contributed by atoms with Crippen LogP contribution in [0.4, 0.5) is 0 Å². The van der Waals surface area contributed by atoms with Crippen LogP contribution < -0.4 is 56.1 Å². The number of Topliss-reactive ketones (excluding diaryl/α,β-unsaturated/α-hetero) is 1. The Morgan fingerprint density at radius 2 is 1.61 bits per heavy atom. The van der Waals surface area contributed by atoms with Crippen molar-refractivity contribution >= 4 is 5.78 Å². The van der Waals surface area contributed by atoms with E-state index in [2.05, 4.69) is 0 Å². The van der Waals surface area contributed by atoms with Crippen molar-refractivity contribution in [1.82, 2.24) is 0 Å². The summed E-state index contributed by atoms with van der Waals surface area (Å²) in [4.78, 5) is 12.0. The third-order valence-electron chi connectivity index (χ3n) is 3.00. The first-order chi connectivity index (χ1) is 8.34. The molecule has 1 atom stereocenters. The van der Waals surface area contributed by atoms with E-state index >= 15 is 0 Å². The van der Waals surface area contributed by atoms with E-state index < -0.39 is 0 Å². The van der Waals surface area contributed by atoms with Gasteiger partial charge in [0.15, 0.2) is 5.78 Å². The molecule has 0 fully saturated rings. The van der Waals surface area contributed by atoms with Gasteiger partial charge in [0.05, 0.1) is 12.0 Å². The molecule has 3 rings (SSSR count). The van der Waals surface area contributed by atoms with Crippen molar-refractivity contribution in [2.24, 2.45) is 0 Å². The Bertz CT molecular complexity index is 551. The van der Waals surface area contributed by atoms with Gasteiger partial charge in [-0.2, -0.15) is 0 Å². The van der Waals surface area contributed by atoms with Gasteiger partial charge in [-0.05, 0) is 17.7 Å². The Morgan fingerprint density at radius 1 is 0.944 bits per heavy atom. The normalized spacial score (nSPS) is 17.3. The minimum absolute atomic E-state index is 0. The van der Waals surface area contributed by atoms with Crippen molar-refractivity contribution in [2.75, 3.05) is 0 Å². The largest absolute Gasteiger partial charge is 1.00 e. The number of para-hydroxylation sites is 1. The van der Waals surface area contributed by atoms with Crippen LogP contribution in [0.5, 0.6) is 5.75 Å². The second-order valence-corrected chi connectivity index (χ2v) is 4.14. The monoisotopic (exact) mass is 263 g/mol. The number of fused-ring (bicyclic) bond motifs is 1. The van der Waals surface area contributed by atoms with Crippen molar-refractivity contribution < 1.29 is 60.9 Å². The van der Waals surface area contributed by atoms with Crippen LogP contribution >= 0.6 is 0 Å². The Labute approximate surface area is 149 Å². The van der Waals surface area contributed by atoms with Gasteiger partial charge in [0, 0.05) is 0 Å². The SMILES string of the molecule is O=C1CC(c2ccccc2)Oc2ccccc21.[K+]. The molecular weight excluding hydrogens is 251 g/mol.